The molecule has 0 aliphatic heterocycles. The van der Waals surface area contributed by atoms with Gasteiger partial charge in [0.15, 0.2) is 0 Å². The third-order valence-electron chi connectivity index (χ3n) is 3.92. The maximum absolute atomic E-state index is 12.9. The van der Waals surface area contributed by atoms with Crippen molar-refractivity contribution in [3.05, 3.63) is 59.1 Å². The van der Waals surface area contributed by atoms with Crippen LogP contribution in [-0.2, 0) is 10.0 Å². The van der Waals surface area contributed by atoms with E-state index in [1.54, 1.807) is 24.3 Å². The van der Waals surface area contributed by atoms with Crippen molar-refractivity contribution in [2.75, 3.05) is 13.2 Å². The lowest BCUT2D eigenvalue weighted by Crippen LogP contribution is -2.36. The van der Waals surface area contributed by atoms with E-state index in [0.717, 1.165) is 12.8 Å². The van der Waals surface area contributed by atoms with E-state index >= 15 is 0 Å². The highest BCUT2D eigenvalue weighted by molar-refractivity contribution is 7.89. The van der Waals surface area contributed by atoms with Crippen molar-refractivity contribution in [2.24, 2.45) is 0 Å². The number of sulfonamides is 1. The molecule has 2 aromatic carbocycles. The largest absolute Gasteiger partial charge is 0.492 e. The fourth-order valence-corrected chi connectivity index (χ4v) is 4.36. The van der Waals surface area contributed by atoms with Gasteiger partial charge in [0, 0.05) is 17.6 Å². The van der Waals surface area contributed by atoms with Gasteiger partial charge in [0.1, 0.15) is 12.4 Å². The fraction of sp³-hybridized carbons (Fsp3) is 0.278. The molecule has 7 heteroatoms. The zero-order valence-electron chi connectivity index (χ0n) is 13.4. The van der Waals surface area contributed by atoms with Gasteiger partial charge in [-0.15, -0.1) is 0 Å². The van der Waals surface area contributed by atoms with Crippen LogP contribution >= 0.6 is 11.6 Å². The van der Waals surface area contributed by atoms with Crippen LogP contribution in [0.4, 0.5) is 0 Å². The Labute approximate surface area is 152 Å². The fourth-order valence-electron chi connectivity index (χ4n) is 2.51. The van der Waals surface area contributed by atoms with Gasteiger partial charge in [0.25, 0.3) is 0 Å². The minimum Gasteiger partial charge on any atom is -0.492 e. The Morgan fingerprint density at radius 2 is 1.92 bits per heavy atom. The zero-order valence-corrected chi connectivity index (χ0v) is 15.0. The highest BCUT2D eigenvalue weighted by Crippen LogP contribution is 2.32. The lowest BCUT2D eigenvalue weighted by molar-refractivity contribution is 0.269. The van der Waals surface area contributed by atoms with E-state index in [0.29, 0.717) is 16.3 Å². The molecule has 25 heavy (non-hydrogen) atoms. The highest BCUT2D eigenvalue weighted by atomic mass is 35.5. The molecule has 0 unspecified atom stereocenters. The summed E-state index contributed by atoms with van der Waals surface area (Å²) in [4.78, 5) is 0.196. The van der Waals surface area contributed by atoms with Crippen LogP contribution in [0.1, 0.15) is 18.4 Å². The molecule has 5 nitrogen and oxygen atoms in total. The van der Waals surface area contributed by atoms with E-state index in [4.69, 9.17) is 21.6 Å². The van der Waals surface area contributed by atoms with Crippen molar-refractivity contribution in [2.45, 2.75) is 23.8 Å². The van der Waals surface area contributed by atoms with Crippen LogP contribution in [0.3, 0.4) is 0 Å². The second-order valence-electron chi connectivity index (χ2n) is 5.79. The molecular formula is C18H17ClN2O3S. The molecule has 0 N–H and O–H groups in total. The summed E-state index contributed by atoms with van der Waals surface area (Å²) in [6, 6.07) is 15.0. The molecule has 0 bridgehead atoms. The third-order valence-corrected chi connectivity index (χ3v) is 6.12. The maximum Gasteiger partial charge on any atom is 0.243 e. The van der Waals surface area contributed by atoms with E-state index < -0.39 is 10.0 Å². The number of hydrogen-bond acceptors (Lipinski definition) is 4. The number of benzene rings is 2. The smallest absolute Gasteiger partial charge is 0.243 e. The average molecular weight is 377 g/mol. The van der Waals surface area contributed by atoms with Crippen LogP contribution in [0.25, 0.3) is 0 Å². The quantitative estimate of drug-likeness (QED) is 0.742. The van der Waals surface area contributed by atoms with Crippen LogP contribution < -0.4 is 4.74 Å². The first-order chi connectivity index (χ1) is 12.0. The first-order valence-electron chi connectivity index (χ1n) is 7.91. The van der Waals surface area contributed by atoms with Crippen LogP contribution in [0, 0.1) is 11.3 Å². The molecule has 0 spiro atoms. The predicted octanol–water partition coefficient (Wildman–Crippen LogP) is 3.44. The number of nitrogens with zero attached hydrogens (tertiary/aromatic N) is 2. The summed E-state index contributed by atoms with van der Waals surface area (Å²) in [7, 11) is -3.61. The first kappa shape index (κ1) is 17.7. The summed E-state index contributed by atoms with van der Waals surface area (Å²) in [5.74, 6) is 0.610. The van der Waals surface area contributed by atoms with Gasteiger partial charge in [-0.25, -0.2) is 8.42 Å². The predicted molar refractivity (Wildman–Crippen MR) is 95.0 cm³/mol. The van der Waals surface area contributed by atoms with Gasteiger partial charge in [0.2, 0.25) is 10.0 Å². The molecule has 130 valence electrons. The standard InChI is InChI=1S/C18H17ClN2O3S/c19-15-2-1-3-17(12-15)24-11-10-21(16-6-7-16)25(22,23)18-8-4-14(13-20)5-9-18/h1-5,8-9,12,16H,6-7,10-11H2. The Hall–Kier alpha value is -2.07. The number of rotatable bonds is 7. The van der Waals surface area contributed by atoms with E-state index in [2.05, 4.69) is 0 Å². The molecule has 0 saturated heterocycles. The van der Waals surface area contributed by atoms with E-state index in [1.165, 1.54) is 28.6 Å². The summed E-state index contributed by atoms with van der Waals surface area (Å²) >= 11 is 5.91. The molecule has 3 rings (SSSR count). The van der Waals surface area contributed by atoms with Gasteiger partial charge >= 0.3 is 0 Å². The van der Waals surface area contributed by atoms with Gasteiger partial charge in [-0.05, 0) is 55.3 Å². The van der Waals surface area contributed by atoms with Crippen molar-refractivity contribution in [1.82, 2.24) is 4.31 Å². The Morgan fingerprint density at radius 3 is 2.52 bits per heavy atom. The van der Waals surface area contributed by atoms with Crippen molar-refractivity contribution in [3.8, 4) is 11.8 Å². The lowest BCUT2D eigenvalue weighted by Gasteiger charge is -2.22. The molecule has 1 aliphatic rings. The summed E-state index contributed by atoms with van der Waals surface area (Å²) in [5.41, 5.74) is 0.432. The second-order valence-corrected chi connectivity index (χ2v) is 8.12. The number of ether oxygens (including phenoxy) is 1. The van der Waals surface area contributed by atoms with Crippen molar-refractivity contribution < 1.29 is 13.2 Å². The van der Waals surface area contributed by atoms with Gasteiger partial charge in [-0.2, -0.15) is 9.57 Å². The Balaban J connectivity index is 1.70. The summed E-state index contributed by atoms with van der Waals surface area (Å²) < 4.78 is 32.9. The molecular weight excluding hydrogens is 360 g/mol. The zero-order chi connectivity index (χ0) is 17.9. The number of nitriles is 1. The lowest BCUT2D eigenvalue weighted by atomic mass is 10.2. The highest BCUT2D eigenvalue weighted by Gasteiger charge is 2.37. The van der Waals surface area contributed by atoms with Crippen LogP contribution in [0.2, 0.25) is 5.02 Å². The Morgan fingerprint density at radius 1 is 1.20 bits per heavy atom. The summed E-state index contributed by atoms with van der Waals surface area (Å²) in [6.45, 7) is 0.506. The van der Waals surface area contributed by atoms with Crippen LogP contribution in [-0.4, -0.2) is 31.9 Å². The molecule has 0 radical (unpaired) electrons. The average Bonchev–Trinajstić information content (AvgIpc) is 3.43. The minimum atomic E-state index is -3.61. The van der Waals surface area contributed by atoms with E-state index in [-0.39, 0.29) is 24.1 Å². The van der Waals surface area contributed by atoms with Crippen LogP contribution in [0.15, 0.2) is 53.4 Å². The second kappa shape index (κ2) is 7.44. The molecule has 1 aliphatic carbocycles. The van der Waals surface area contributed by atoms with Crippen LogP contribution in [0.5, 0.6) is 5.75 Å². The molecule has 2 aromatic rings. The monoisotopic (exact) mass is 376 g/mol. The molecule has 0 aromatic heterocycles. The van der Waals surface area contributed by atoms with Crippen molar-refractivity contribution in [1.29, 1.82) is 5.26 Å². The molecule has 0 amide bonds. The molecule has 0 atom stereocenters. The van der Waals surface area contributed by atoms with Crippen molar-refractivity contribution >= 4 is 21.6 Å². The molecule has 1 saturated carbocycles. The van der Waals surface area contributed by atoms with Gasteiger partial charge in [0.05, 0.1) is 16.5 Å². The minimum absolute atomic E-state index is 0.0172. The van der Waals surface area contributed by atoms with Gasteiger partial charge < -0.3 is 4.74 Å². The summed E-state index contributed by atoms with van der Waals surface area (Å²) in [6.07, 6.45) is 1.71. The maximum atomic E-state index is 12.9. The number of halogens is 1. The topological polar surface area (TPSA) is 70.4 Å². The van der Waals surface area contributed by atoms with Crippen molar-refractivity contribution in [3.63, 3.8) is 0 Å². The van der Waals surface area contributed by atoms with Gasteiger partial charge in [-0.3, -0.25) is 0 Å². The summed E-state index contributed by atoms with van der Waals surface area (Å²) in [5, 5.41) is 9.42. The number of hydrogen-bond donors (Lipinski definition) is 0. The Kier molecular flexibility index (Phi) is 5.28. The molecule has 1 fully saturated rings. The normalized spacial score (nSPS) is 14.3. The van der Waals surface area contributed by atoms with Gasteiger partial charge in [-0.1, -0.05) is 17.7 Å². The Bertz CT molecular complexity index is 887. The van der Waals surface area contributed by atoms with E-state index in [9.17, 15) is 8.42 Å². The molecule has 0 heterocycles. The first-order valence-corrected chi connectivity index (χ1v) is 9.73. The SMILES string of the molecule is N#Cc1ccc(S(=O)(=O)N(CCOc2cccc(Cl)c2)C2CC2)cc1. The van der Waals surface area contributed by atoms with E-state index in [1.807, 2.05) is 6.07 Å². The third kappa shape index (κ3) is 4.31.